The molecule has 2 N–H and O–H groups in total. The van der Waals surface area contributed by atoms with Crippen molar-refractivity contribution in [1.29, 1.82) is 0 Å². The van der Waals surface area contributed by atoms with Gasteiger partial charge in [0.25, 0.3) is 15.9 Å². The van der Waals surface area contributed by atoms with E-state index in [1.54, 1.807) is 42.6 Å². The number of pyridine rings is 2. The molecule has 0 aliphatic carbocycles. The lowest BCUT2D eigenvalue weighted by Gasteiger charge is -2.33. The maximum absolute atomic E-state index is 13.1. The molecular formula is C24H25Cl2N5O3S. The van der Waals surface area contributed by atoms with Crippen molar-refractivity contribution in [3.05, 3.63) is 70.3 Å². The molecule has 2 aromatic heterocycles. The molecule has 184 valence electrons. The van der Waals surface area contributed by atoms with E-state index in [2.05, 4.69) is 45.7 Å². The minimum atomic E-state index is -4.28. The highest BCUT2D eigenvalue weighted by molar-refractivity contribution is 7.90. The van der Waals surface area contributed by atoms with Gasteiger partial charge in [-0.15, -0.1) is 0 Å². The number of carbonyl (C=O) groups is 1. The van der Waals surface area contributed by atoms with Crippen molar-refractivity contribution >= 4 is 56.5 Å². The molecule has 1 aromatic carbocycles. The van der Waals surface area contributed by atoms with Gasteiger partial charge in [0.2, 0.25) is 0 Å². The Kier molecular flexibility index (Phi) is 6.95. The highest BCUT2D eigenvalue weighted by Gasteiger charge is 2.39. The van der Waals surface area contributed by atoms with Gasteiger partial charge in [-0.2, -0.15) is 8.42 Å². The molecule has 1 fully saturated rings. The number of amides is 1. The number of hydrogen-bond donors (Lipinski definition) is 2. The van der Waals surface area contributed by atoms with Crippen LogP contribution in [0.25, 0.3) is 0 Å². The molecule has 1 atom stereocenters. The summed E-state index contributed by atoms with van der Waals surface area (Å²) in [7, 11) is -4.28. The van der Waals surface area contributed by atoms with Crippen molar-refractivity contribution in [1.82, 2.24) is 14.7 Å². The average molecular weight is 534 g/mol. The first-order valence-corrected chi connectivity index (χ1v) is 13.2. The SMILES string of the molecule is CC1CN(c2ncccc2C(=O)NS(=O)(=O)c2cccc(Nc3cccc(Cl)c3Cl)n2)C(C)(C)C1. The summed E-state index contributed by atoms with van der Waals surface area (Å²) in [6.07, 6.45) is 2.53. The standard InChI is InChI=1S/C24H25Cl2N5O3S/c1-15-13-24(2,3)31(14-15)22-16(7-6-12-27-22)23(32)30-35(33,34)20-11-5-10-19(29-20)28-18-9-4-8-17(25)21(18)26/h4-12,15H,13-14H2,1-3H3,(H,28,29)(H,30,32). The fraction of sp³-hybridized carbons (Fsp3) is 0.292. The maximum Gasteiger partial charge on any atom is 0.281 e. The first-order chi connectivity index (χ1) is 16.5. The number of hydrogen-bond acceptors (Lipinski definition) is 7. The van der Waals surface area contributed by atoms with Crippen LogP contribution in [-0.4, -0.2) is 36.4 Å². The molecular weight excluding hydrogens is 509 g/mol. The number of halogens is 2. The van der Waals surface area contributed by atoms with Gasteiger partial charge in [0.1, 0.15) is 11.6 Å². The zero-order chi connectivity index (χ0) is 25.4. The number of benzene rings is 1. The van der Waals surface area contributed by atoms with E-state index in [1.807, 2.05) is 0 Å². The molecule has 11 heteroatoms. The van der Waals surface area contributed by atoms with Crippen LogP contribution in [0.15, 0.2) is 59.8 Å². The number of sulfonamides is 1. The Morgan fingerprint density at radius 2 is 1.86 bits per heavy atom. The largest absolute Gasteiger partial charge is 0.351 e. The van der Waals surface area contributed by atoms with Gasteiger partial charge in [-0.25, -0.2) is 14.7 Å². The van der Waals surface area contributed by atoms with E-state index in [0.29, 0.717) is 22.4 Å². The summed E-state index contributed by atoms with van der Waals surface area (Å²) in [6, 6.07) is 12.6. The number of rotatable bonds is 6. The van der Waals surface area contributed by atoms with Crippen LogP contribution in [0.2, 0.25) is 10.0 Å². The summed E-state index contributed by atoms with van der Waals surface area (Å²) in [5, 5.41) is 3.25. The lowest BCUT2D eigenvalue weighted by Crippen LogP contribution is -2.41. The number of aromatic nitrogens is 2. The topological polar surface area (TPSA) is 104 Å². The summed E-state index contributed by atoms with van der Waals surface area (Å²) in [4.78, 5) is 23.7. The van der Waals surface area contributed by atoms with E-state index in [9.17, 15) is 13.2 Å². The fourth-order valence-electron chi connectivity index (χ4n) is 4.35. The predicted octanol–water partition coefficient (Wildman–Crippen LogP) is 5.27. The monoisotopic (exact) mass is 533 g/mol. The summed E-state index contributed by atoms with van der Waals surface area (Å²) in [6.45, 7) is 7.02. The van der Waals surface area contributed by atoms with Gasteiger partial charge in [-0.3, -0.25) is 4.79 Å². The molecule has 4 rings (SSSR count). The molecule has 1 unspecified atom stereocenters. The normalized spacial score (nSPS) is 17.3. The number of nitrogens with one attached hydrogen (secondary N) is 2. The number of nitrogens with zero attached hydrogens (tertiary/aromatic N) is 3. The maximum atomic E-state index is 13.1. The summed E-state index contributed by atoms with van der Waals surface area (Å²) < 4.78 is 28.2. The van der Waals surface area contributed by atoms with Gasteiger partial charge in [-0.05, 0) is 62.6 Å². The molecule has 1 aliphatic rings. The Balaban J connectivity index is 1.59. The minimum absolute atomic E-state index is 0.179. The second kappa shape index (κ2) is 9.64. The van der Waals surface area contributed by atoms with E-state index >= 15 is 0 Å². The van der Waals surface area contributed by atoms with Crippen molar-refractivity contribution in [2.45, 2.75) is 37.8 Å². The van der Waals surface area contributed by atoms with Crippen LogP contribution >= 0.6 is 23.2 Å². The summed E-state index contributed by atoms with van der Waals surface area (Å²) in [5.41, 5.74) is 0.427. The van der Waals surface area contributed by atoms with E-state index in [0.717, 1.165) is 13.0 Å². The van der Waals surface area contributed by atoms with Crippen LogP contribution < -0.4 is 14.9 Å². The molecule has 0 radical (unpaired) electrons. The zero-order valence-electron chi connectivity index (χ0n) is 19.4. The molecule has 35 heavy (non-hydrogen) atoms. The molecule has 0 bridgehead atoms. The van der Waals surface area contributed by atoms with Gasteiger partial charge >= 0.3 is 0 Å². The van der Waals surface area contributed by atoms with E-state index in [4.69, 9.17) is 23.2 Å². The van der Waals surface area contributed by atoms with E-state index in [-0.39, 0.29) is 27.0 Å². The first-order valence-electron chi connectivity index (χ1n) is 11.0. The summed E-state index contributed by atoms with van der Waals surface area (Å²) in [5.74, 6) is 0.313. The molecule has 1 aliphatic heterocycles. The van der Waals surface area contributed by atoms with Crippen molar-refractivity contribution < 1.29 is 13.2 Å². The van der Waals surface area contributed by atoms with E-state index in [1.165, 1.54) is 12.1 Å². The zero-order valence-corrected chi connectivity index (χ0v) is 21.7. The molecule has 1 saturated heterocycles. The van der Waals surface area contributed by atoms with Crippen LogP contribution in [-0.2, 0) is 10.0 Å². The summed E-state index contributed by atoms with van der Waals surface area (Å²) >= 11 is 12.2. The van der Waals surface area contributed by atoms with Gasteiger partial charge in [0.15, 0.2) is 5.03 Å². The smallest absolute Gasteiger partial charge is 0.281 e. The van der Waals surface area contributed by atoms with Crippen LogP contribution in [0.5, 0.6) is 0 Å². The Hall–Kier alpha value is -2.88. The Morgan fingerprint density at radius 1 is 1.11 bits per heavy atom. The lowest BCUT2D eigenvalue weighted by molar-refractivity contribution is 0.0981. The van der Waals surface area contributed by atoms with Crippen molar-refractivity contribution in [3.8, 4) is 0 Å². The van der Waals surface area contributed by atoms with Crippen molar-refractivity contribution in [2.75, 3.05) is 16.8 Å². The quantitative estimate of drug-likeness (QED) is 0.444. The first kappa shape index (κ1) is 25.2. The molecule has 8 nitrogen and oxygen atoms in total. The highest BCUT2D eigenvalue weighted by Crippen LogP contribution is 2.37. The third kappa shape index (κ3) is 5.37. The van der Waals surface area contributed by atoms with E-state index < -0.39 is 15.9 Å². The van der Waals surface area contributed by atoms with Crippen molar-refractivity contribution in [3.63, 3.8) is 0 Å². The molecule has 1 amide bonds. The van der Waals surface area contributed by atoms with Gasteiger partial charge in [0.05, 0.1) is 21.3 Å². The molecule has 0 spiro atoms. The number of carbonyl (C=O) groups excluding carboxylic acids is 1. The van der Waals surface area contributed by atoms with Gasteiger partial charge in [-0.1, -0.05) is 42.3 Å². The minimum Gasteiger partial charge on any atom is -0.351 e. The Morgan fingerprint density at radius 3 is 2.57 bits per heavy atom. The predicted molar refractivity (Wildman–Crippen MR) is 138 cm³/mol. The molecule has 0 saturated carbocycles. The second-order valence-corrected chi connectivity index (χ2v) is 11.5. The van der Waals surface area contributed by atoms with Crippen LogP contribution in [0.1, 0.15) is 37.6 Å². The fourth-order valence-corrected chi connectivity index (χ4v) is 5.63. The van der Waals surface area contributed by atoms with Crippen LogP contribution in [0.3, 0.4) is 0 Å². The Bertz CT molecular complexity index is 1380. The van der Waals surface area contributed by atoms with Crippen LogP contribution in [0.4, 0.5) is 17.3 Å². The third-order valence-corrected chi connectivity index (χ3v) is 7.85. The van der Waals surface area contributed by atoms with Crippen LogP contribution in [0, 0.1) is 5.92 Å². The average Bonchev–Trinajstić information content (AvgIpc) is 3.08. The van der Waals surface area contributed by atoms with Gasteiger partial charge < -0.3 is 10.2 Å². The third-order valence-electron chi connectivity index (χ3n) is 5.80. The van der Waals surface area contributed by atoms with Gasteiger partial charge in [0, 0.05) is 18.3 Å². The highest BCUT2D eigenvalue weighted by atomic mass is 35.5. The molecule has 3 heterocycles. The lowest BCUT2D eigenvalue weighted by atomic mass is 9.97. The Labute approximate surface area is 214 Å². The van der Waals surface area contributed by atoms with Crippen molar-refractivity contribution in [2.24, 2.45) is 5.92 Å². The number of anilines is 3. The second-order valence-electron chi connectivity index (χ2n) is 9.13. The molecule has 3 aromatic rings.